The second-order valence-electron chi connectivity index (χ2n) is 7.86. The van der Waals surface area contributed by atoms with Gasteiger partial charge in [0.05, 0.1) is 0 Å². The van der Waals surface area contributed by atoms with Crippen LogP contribution in [0.2, 0.25) is 0 Å². The van der Waals surface area contributed by atoms with Crippen molar-refractivity contribution in [2.24, 2.45) is 5.73 Å². The molecule has 1 unspecified atom stereocenters. The third kappa shape index (κ3) is 5.71. The van der Waals surface area contributed by atoms with E-state index in [9.17, 15) is 4.79 Å². The van der Waals surface area contributed by atoms with Gasteiger partial charge in [-0.05, 0) is 43.9 Å². The molecule has 0 bridgehead atoms. The van der Waals surface area contributed by atoms with Crippen molar-refractivity contribution in [3.05, 3.63) is 70.8 Å². The lowest BCUT2D eigenvalue weighted by molar-refractivity contribution is -0.123. The number of benzene rings is 2. The predicted molar refractivity (Wildman–Crippen MR) is 120 cm³/mol. The Hall–Kier alpha value is -1.59. The van der Waals surface area contributed by atoms with E-state index in [1.54, 1.807) is 0 Å². The molecule has 0 saturated carbocycles. The minimum absolute atomic E-state index is 0. The molecule has 1 heterocycles. The fourth-order valence-corrected chi connectivity index (χ4v) is 3.46. The molecule has 0 aliphatic carbocycles. The quantitative estimate of drug-likeness (QED) is 0.768. The number of carbonyl (C=O) groups is 1. The maximum atomic E-state index is 12.5. The summed E-state index contributed by atoms with van der Waals surface area (Å²) >= 11 is 0. The molecule has 0 spiro atoms. The summed E-state index contributed by atoms with van der Waals surface area (Å²) in [5.41, 5.74) is 10.8. The van der Waals surface area contributed by atoms with Crippen molar-refractivity contribution in [3.63, 3.8) is 0 Å². The smallest absolute Gasteiger partial charge is 0.241 e. The number of aryl methyl sites for hydroxylation is 1. The van der Waals surface area contributed by atoms with Crippen LogP contribution in [0.3, 0.4) is 0 Å². The Bertz CT molecular complexity index is 778. The number of amides is 1. The molecule has 28 heavy (non-hydrogen) atoms. The van der Waals surface area contributed by atoms with Crippen LogP contribution in [-0.2, 0) is 17.8 Å². The Morgan fingerprint density at radius 3 is 2.36 bits per heavy atom. The van der Waals surface area contributed by atoms with Crippen LogP contribution in [-0.4, -0.2) is 29.4 Å². The summed E-state index contributed by atoms with van der Waals surface area (Å²) in [6, 6.07) is 15.8. The zero-order chi connectivity index (χ0) is 18.7. The van der Waals surface area contributed by atoms with Crippen LogP contribution in [0.1, 0.15) is 42.1 Å². The van der Waals surface area contributed by atoms with Crippen molar-refractivity contribution in [3.8, 4) is 0 Å². The Labute approximate surface area is 180 Å². The molecule has 4 nitrogen and oxygen atoms in total. The van der Waals surface area contributed by atoms with Gasteiger partial charge in [0.15, 0.2) is 0 Å². The highest BCUT2D eigenvalue weighted by Crippen LogP contribution is 2.25. The van der Waals surface area contributed by atoms with Gasteiger partial charge in [0, 0.05) is 25.2 Å². The third-order valence-electron chi connectivity index (χ3n) is 5.40. The van der Waals surface area contributed by atoms with Crippen molar-refractivity contribution in [2.45, 2.75) is 45.3 Å². The average Bonchev–Trinajstić information content (AvgIpc) is 2.65. The predicted octanol–water partition coefficient (Wildman–Crippen LogP) is 3.79. The standard InChI is InChI=1S/C22H29N3O.2ClH/c1-16-8-10-18(11-9-16)20(23)21(26)24-15-22(2,3)25-13-12-17-6-4-5-7-19(17)14-25;;/h4-11,20H,12-15,23H2,1-3H3,(H,24,26);2*1H. The summed E-state index contributed by atoms with van der Waals surface area (Å²) in [5.74, 6) is -0.126. The van der Waals surface area contributed by atoms with Gasteiger partial charge in [-0.15, -0.1) is 24.8 Å². The second-order valence-corrected chi connectivity index (χ2v) is 7.86. The van der Waals surface area contributed by atoms with E-state index in [-0.39, 0.29) is 36.3 Å². The molecular weight excluding hydrogens is 393 g/mol. The summed E-state index contributed by atoms with van der Waals surface area (Å²) in [6.45, 7) is 8.88. The van der Waals surface area contributed by atoms with Gasteiger partial charge >= 0.3 is 0 Å². The lowest BCUT2D eigenvalue weighted by Gasteiger charge is -2.41. The molecule has 3 N–H and O–H groups in total. The van der Waals surface area contributed by atoms with Crippen LogP contribution in [0.25, 0.3) is 0 Å². The first-order valence-electron chi connectivity index (χ1n) is 9.28. The van der Waals surface area contributed by atoms with Crippen LogP contribution in [0.5, 0.6) is 0 Å². The molecule has 6 heteroatoms. The first-order chi connectivity index (χ1) is 12.4. The minimum Gasteiger partial charge on any atom is -0.353 e. The highest BCUT2D eigenvalue weighted by molar-refractivity contribution is 5.85. The van der Waals surface area contributed by atoms with Crippen molar-refractivity contribution in [2.75, 3.05) is 13.1 Å². The molecule has 3 rings (SSSR count). The lowest BCUT2D eigenvalue weighted by Crippen LogP contribution is -2.54. The van der Waals surface area contributed by atoms with E-state index in [1.165, 1.54) is 11.1 Å². The van der Waals surface area contributed by atoms with Crippen LogP contribution < -0.4 is 11.1 Å². The summed E-state index contributed by atoms with van der Waals surface area (Å²) in [4.78, 5) is 14.9. The van der Waals surface area contributed by atoms with Crippen molar-refractivity contribution < 1.29 is 4.79 Å². The summed E-state index contributed by atoms with van der Waals surface area (Å²) in [5, 5.41) is 3.05. The number of carbonyl (C=O) groups excluding carboxylic acids is 1. The van der Waals surface area contributed by atoms with Crippen LogP contribution in [0, 0.1) is 6.92 Å². The van der Waals surface area contributed by atoms with Crippen molar-refractivity contribution in [1.29, 1.82) is 0 Å². The number of halogens is 2. The molecule has 2 aromatic carbocycles. The van der Waals surface area contributed by atoms with Gasteiger partial charge < -0.3 is 11.1 Å². The molecule has 1 aliphatic rings. The van der Waals surface area contributed by atoms with Gasteiger partial charge in [0.2, 0.25) is 5.91 Å². The van der Waals surface area contributed by atoms with E-state index < -0.39 is 6.04 Å². The number of rotatable bonds is 5. The van der Waals surface area contributed by atoms with Gasteiger partial charge in [-0.3, -0.25) is 9.69 Å². The van der Waals surface area contributed by atoms with Crippen molar-refractivity contribution in [1.82, 2.24) is 10.2 Å². The molecule has 0 aromatic heterocycles. The average molecular weight is 424 g/mol. The van der Waals surface area contributed by atoms with E-state index in [4.69, 9.17) is 5.73 Å². The number of fused-ring (bicyclic) bond motifs is 1. The third-order valence-corrected chi connectivity index (χ3v) is 5.40. The largest absolute Gasteiger partial charge is 0.353 e. The topological polar surface area (TPSA) is 58.4 Å². The second kappa shape index (κ2) is 10.3. The Morgan fingerprint density at radius 2 is 1.71 bits per heavy atom. The normalized spacial score (nSPS) is 14.9. The SMILES string of the molecule is Cc1ccc(C(N)C(=O)NCC(C)(C)N2CCc3ccccc3C2)cc1.Cl.Cl. The zero-order valence-corrected chi connectivity index (χ0v) is 18.4. The number of nitrogens with zero attached hydrogens (tertiary/aromatic N) is 1. The number of nitrogens with one attached hydrogen (secondary N) is 1. The molecule has 1 atom stereocenters. The maximum Gasteiger partial charge on any atom is 0.241 e. The Balaban J connectivity index is 0.00000196. The lowest BCUT2D eigenvalue weighted by atomic mass is 9.94. The number of nitrogens with two attached hydrogens (primary N) is 1. The fraction of sp³-hybridized carbons (Fsp3) is 0.409. The van der Waals surface area contributed by atoms with E-state index in [0.717, 1.165) is 30.6 Å². The van der Waals surface area contributed by atoms with E-state index in [0.29, 0.717) is 6.54 Å². The molecule has 154 valence electrons. The molecule has 0 radical (unpaired) electrons. The fourth-order valence-electron chi connectivity index (χ4n) is 3.46. The van der Waals surface area contributed by atoms with Gasteiger partial charge in [-0.2, -0.15) is 0 Å². The molecule has 2 aromatic rings. The van der Waals surface area contributed by atoms with E-state index in [2.05, 4.69) is 48.3 Å². The Kier molecular flexibility index (Phi) is 8.96. The molecule has 0 saturated heterocycles. The first-order valence-corrected chi connectivity index (χ1v) is 9.28. The number of hydrogen-bond donors (Lipinski definition) is 2. The van der Waals surface area contributed by atoms with Crippen molar-refractivity contribution >= 4 is 30.7 Å². The highest BCUT2D eigenvalue weighted by atomic mass is 35.5. The number of hydrogen-bond acceptors (Lipinski definition) is 3. The summed E-state index contributed by atoms with van der Waals surface area (Å²) in [7, 11) is 0. The highest BCUT2D eigenvalue weighted by Gasteiger charge is 2.30. The van der Waals surface area contributed by atoms with Crippen LogP contribution >= 0.6 is 24.8 Å². The first kappa shape index (κ1) is 24.4. The zero-order valence-electron chi connectivity index (χ0n) is 16.8. The molecule has 0 fully saturated rings. The van der Waals surface area contributed by atoms with Gasteiger partial charge in [-0.25, -0.2) is 0 Å². The Morgan fingerprint density at radius 1 is 1.11 bits per heavy atom. The summed E-state index contributed by atoms with van der Waals surface area (Å²) < 4.78 is 0. The summed E-state index contributed by atoms with van der Waals surface area (Å²) in [6.07, 6.45) is 1.05. The maximum absolute atomic E-state index is 12.5. The van der Waals surface area contributed by atoms with Crippen LogP contribution in [0.4, 0.5) is 0 Å². The molecule has 1 aliphatic heterocycles. The van der Waals surface area contributed by atoms with E-state index >= 15 is 0 Å². The van der Waals surface area contributed by atoms with Gasteiger partial charge in [-0.1, -0.05) is 54.1 Å². The molecule has 1 amide bonds. The minimum atomic E-state index is -0.631. The van der Waals surface area contributed by atoms with Crippen LogP contribution in [0.15, 0.2) is 48.5 Å². The van der Waals surface area contributed by atoms with Gasteiger partial charge in [0.25, 0.3) is 0 Å². The molecular formula is C22H31Cl2N3O. The van der Waals surface area contributed by atoms with E-state index in [1.807, 2.05) is 31.2 Å². The monoisotopic (exact) mass is 423 g/mol. The van der Waals surface area contributed by atoms with Gasteiger partial charge in [0.1, 0.15) is 6.04 Å².